The second kappa shape index (κ2) is 8.59. The number of halogens is 2. The Morgan fingerprint density at radius 3 is 2.87 bits per heavy atom. The van der Waals surface area contributed by atoms with E-state index < -0.39 is 21.4 Å². The number of nitrogens with one attached hydrogen (secondary N) is 1. The highest BCUT2D eigenvalue weighted by molar-refractivity contribution is 14.1. The molecule has 2 aromatic rings. The lowest BCUT2D eigenvalue weighted by molar-refractivity contribution is -0.0136. The number of hydrogen-bond acceptors (Lipinski definition) is 7. The number of ketones is 1. The zero-order valence-corrected chi connectivity index (χ0v) is 19.8. The Morgan fingerprint density at radius 2 is 2.16 bits per heavy atom. The van der Waals surface area contributed by atoms with Crippen molar-refractivity contribution in [2.24, 2.45) is 0 Å². The Balaban J connectivity index is 1.77. The first-order chi connectivity index (χ1) is 14.7. The van der Waals surface area contributed by atoms with Gasteiger partial charge in [0.1, 0.15) is 9.74 Å². The molecule has 7 nitrogen and oxygen atoms in total. The molecule has 9 heteroatoms. The average molecular weight is 540 g/mol. The molecule has 0 bridgehead atoms. The molecule has 0 saturated carbocycles. The van der Waals surface area contributed by atoms with Gasteiger partial charge < -0.3 is 20.1 Å². The highest BCUT2D eigenvalue weighted by Crippen LogP contribution is 2.47. The minimum atomic E-state index is -0.819. The summed E-state index contributed by atoms with van der Waals surface area (Å²) in [6.45, 7) is 6.82. The molecule has 0 aliphatic carbocycles. The lowest BCUT2D eigenvalue weighted by atomic mass is 9.80. The molecule has 4 rings (SSSR count). The summed E-state index contributed by atoms with van der Waals surface area (Å²) in [4.78, 5) is 24.4. The number of ether oxygens (including phenoxy) is 1. The number of alkyl halides is 1. The van der Waals surface area contributed by atoms with E-state index in [0.717, 1.165) is 0 Å². The summed E-state index contributed by atoms with van der Waals surface area (Å²) in [6, 6.07) is 6.31. The Kier molecular flexibility index (Phi) is 6.19. The Bertz CT molecular complexity index is 991. The van der Waals surface area contributed by atoms with Gasteiger partial charge in [-0.15, -0.1) is 0 Å². The fraction of sp³-hybridized carbons (Fsp3) is 0.500. The van der Waals surface area contributed by atoms with Crippen LogP contribution in [0.25, 0.3) is 0 Å². The highest BCUT2D eigenvalue weighted by Gasteiger charge is 2.52. The highest BCUT2D eigenvalue weighted by atomic mass is 127. The first-order valence-electron chi connectivity index (χ1n) is 10.4. The van der Waals surface area contributed by atoms with Crippen LogP contribution >= 0.6 is 22.6 Å². The average Bonchev–Trinajstić information content (AvgIpc) is 2.74. The van der Waals surface area contributed by atoms with Crippen LogP contribution in [0.5, 0.6) is 0 Å². The Morgan fingerprint density at radius 1 is 1.39 bits per heavy atom. The normalized spacial score (nSPS) is 28.5. The number of aromatic nitrogens is 2. The second-order valence-corrected chi connectivity index (χ2v) is 9.66. The fourth-order valence-corrected chi connectivity index (χ4v) is 5.48. The van der Waals surface area contributed by atoms with Crippen LogP contribution in [0.4, 0.5) is 16.0 Å². The van der Waals surface area contributed by atoms with Crippen molar-refractivity contribution in [3.05, 3.63) is 47.5 Å². The minimum absolute atomic E-state index is 0.0143. The number of Topliss-reactive ketones (excluding diaryl/α,β-unsaturated/α-hetero) is 1. The van der Waals surface area contributed by atoms with Crippen LogP contribution in [0.3, 0.4) is 0 Å². The molecule has 31 heavy (non-hydrogen) atoms. The first kappa shape index (κ1) is 22.3. The van der Waals surface area contributed by atoms with Crippen molar-refractivity contribution >= 4 is 40.0 Å². The first-order valence-corrected chi connectivity index (χ1v) is 11.6. The summed E-state index contributed by atoms with van der Waals surface area (Å²) >= 11 is 2.10. The monoisotopic (exact) mass is 540 g/mol. The number of anilines is 2. The molecule has 2 N–H and O–H groups in total. The van der Waals surface area contributed by atoms with Crippen LogP contribution in [0.2, 0.25) is 0 Å². The van der Waals surface area contributed by atoms with Gasteiger partial charge in [0.25, 0.3) is 0 Å². The van der Waals surface area contributed by atoms with E-state index in [4.69, 9.17) is 9.72 Å². The van der Waals surface area contributed by atoms with Gasteiger partial charge in [-0.25, -0.2) is 14.4 Å². The van der Waals surface area contributed by atoms with Gasteiger partial charge in [-0.1, -0.05) is 28.7 Å². The maximum atomic E-state index is 14.6. The number of hydrogen-bond donors (Lipinski definition) is 2. The quantitative estimate of drug-likeness (QED) is 0.455. The molecule has 166 valence electrons. The lowest BCUT2D eigenvalue weighted by Gasteiger charge is -2.51. The topological polar surface area (TPSA) is 87.6 Å². The number of carbonyl (C=O) groups excluding carboxylic acids is 1. The third-order valence-corrected chi connectivity index (χ3v) is 7.83. The van der Waals surface area contributed by atoms with Crippen molar-refractivity contribution in [3.8, 4) is 0 Å². The van der Waals surface area contributed by atoms with Gasteiger partial charge in [0.2, 0.25) is 5.95 Å². The zero-order chi connectivity index (χ0) is 22.3. The van der Waals surface area contributed by atoms with Crippen LogP contribution in [-0.2, 0) is 10.3 Å². The standard InChI is InChI=1S/C22H26FIN4O3/c1-12(2)28-15-6-4-5-13(23)18(15)19(30)20(24)22(28,3)17-7-9-25-21(27-17)26-14-8-10-31-11-16(14)29/h4-7,9,12,14,16,20,29H,8,10-11H2,1-3H3,(H,25,26,27)/t14-,16-,20?,22?/m1/s1. The smallest absolute Gasteiger partial charge is 0.223 e. The molecule has 2 aliphatic heterocycles. The fourth-order valence-electron chi connectivity index (χ4n) is 4.55. The van der Waals surface area contributed by atoms with Crippen molar-refractivity contribution in [1.29, 1.82) is 0 Å². The third-order valence-electron chi connectivity index (χ3n) is 6.05. The summed E-state index contributed by atoms with van der Waals surface area (Å²) in [6.07, 6.45) is 1.64. The summed E-state index contributed by atoms with van der Waals surface area (Å²) in [5.74, 6) is -0.369. The van der Waals surface area contributed by atoms with Crippen LogP contribution < -0.4 is 10.2 Å². The zero-order valence-electron chi connectivity index (χ0n) is 17.7. The predicted molar refractivity (Wildman–Crippen MR) is 124 cm³/mol. The van der Waals surface area contributed by atoms with E-state index in [1.165, 1.54) is 6.07 Å². The van der Waals surface area contributed by atoms with Gasteiger partial charge >= 0.3 is 0 Å². The molecule has 3 heterocycles. The molecule has 4 atom stereocenters. The third kappa shape index (κ3) is 3.80. The van der Waals surface area contributed by atoms with Crippen LogP contribution in [0.1, 0.15) is 43.2 Å². The van der Waals surface area contributed by atoms with E-state index in [1.807, 2.05) is 20.8 Å². The number of nitrogens with zero attached hydrogens (tertiary/aromatic N) is 3. The number of fused-ring (bicyclic) bond motifs is 1. The van der Waals surface area contributed by atoms with E-state index in [1.54, 1.807) is 24.4 Å². The number of benzene rings is 1. The maximum Gasteiger partial charge on any atom is 0.223 e. The molecular weight excluding hydrogens is 514 g/mol. The van der Waals surface area contributed by atoms with Crippen molar-refractivity contribution < 1.29 is 19.0 Å². The maximum absolute atomic E-state index is 14.6. The molecule has 1 aromatic heterocycles. The van der Waals surface area contributed by atoms with Crippen molar-refractivity contribution in [2.45, 2.75) is 54.8 Å². The van der Waals surface area contributed by atoms with E-state index in [0.29, 0.717) is 30.4 Å². The summed E-state index contributed by atoms with van der Waals surface area (Å²) < 4.78 is 19.4. The summed E-state index contributed by atoms with van der Waals surface area (Å²) in [5, 5.41) is 13.4. The molecule has 1 fully saturated rings. The van der Waals surface area contributed by atoms with Crippen molar-refractivity contribution in [1.82, 2.24) is 9.97 Å². The van der Waals surface area contributed by atoms with Gasteiger partial charge in [-0.2, -0.15) is 0 Å². The number of aliphatic hydroxyl groups is 1. The summed E-state index contributed by atoms with van der Waals surface area (Å²) in [5.41, 5.74) is 0.539. The van der Waals surface area contributed by atoms with Gasteiger partial charge in [-0.05, 0) is 45.4 Å². The van der Waals surface area contributed by atoms with Crippen LogP contribution in [0.15, 0.2) is 30.5 Å². The van der Waals surface area contributed by atoms with Gasteiger partial charge in [-0.3, -0.25) is 4.79 Å². The number of carbonyl (C=O) groups is 1. The van der Waals surface area contributed by atoms with Crippen molar-refractivity contribution in [3.63, 3.8) is 0 Å². The Labute approximate surface area is 194 Å². The molecule has 0 radical (unpaired) electrons. The number of rotatable bonds is 4. The van der Waals surface area contributed by atoms with Gasteiger partial charge in [0, 0.05) is 18.8 Å². The van der Waals surface area contributed by atoms with E-state index in [9.17, 15) is 14.3 Å². The predicted octanol–water partition coefficient (Wildman–Crippen LogP) is 3.31. The number of aliphatic hydroxyl groups excluding tert-OH is 1. The molecule has 0 spiro atoms. The molecular formula is C22H26FIN4O3. The molecule has 1 saturated heterocycles. The van der Waals surface area contributed by atoms with E-state index in [2.05, 4.69) is 37.8 Å². The van der Waals surface area contributed by atoms with E-state index in [-0.39, 0.29) is 30.0 Å². The van der Waals surface area contributed by atoms with Crippen LogP contribution in [-0.4, -0.2) is 56.2 Å². The Hall–Kier alpha value is -1.85. The summed E-state index contributed by atoms with van der Waals surface area (Å²) in [7, 11) is 0. The minimum Gasteiger partial charge on any atom is -0.389 e. The van der Waals surface area contributed by atoms with Crippen molar-refractivity contribution in [2.75, 3.05) is 23.4 Å². The second-order valence-electron chi connectivity index (χ2n) is 8.42. The van der Waals surface area contributed by atoms with E-state index >= 15 is 0 Å². The largest absolute Gasteiger partial charge is 0.389 e. The van der Waals surface area contributed by atoms with Crippen LogP contribution in [0, 0.1) is 5.82 Å². The molecule has 2 aliphatic rings. The molecule has 0 amide bonds. The van der Waals surface area contributed by atoms with Gasteiger partial charge in [0.15, 0.2) is 5.78 Å². The SMILES string of the molecule is CC(C)N1c2cccc(F)c2C(=O)C(I)C1(C)c1ccnc(N[C@@H]2CCOC[C@H]2O)n1. The lowest BCUT2D eigenvalue weighted by Crippen LogP contribution is -2.59. The molecule has 1 aromatic carbocycles. The molecule has 2 unspecified atom stereocenters. The van der Waals surface area contributed by atoms with Gasteiger partial charge in [0.05, 0.1) is 41.2 Å².